The van der Waals surface area contributed by atoms with Gasteiger partial charge < -0.3 is 14.7 Å². The van der Waals surface area contributed by atoms with Gasteiger partial charge in [-0.2, -0.15) is 0 Å². The molecule has 1 N–H and O–H groups in total. The zero-order valence-corrected chi connectivity index (χ0v) is 15.3. The number of amides is 1. The van der Waals surface area contributed by atoms with Crippen LogP contribution in [0.3, 0.4) is 0 Å². The quantitative estimate of drug-likeness (QED) is 0.875. The van der Waals surface area contributed by atoms with Crippen LogP contribution in [0.4, 0.5) is 0 Å². The molecule has 2 fully saturated rings. The van der Waals surface area contributed by atoms with Crippen molar-refractivity contribution in [2.24, 2.45) is 0 Å². The molecular formula is C21H25N3O3. The lowest BCUT2D eigenvalue weighted by molar-refractivity contribution is 0.0771. The third kappa shape index (κ3) is 4.28. The predicted molar refractivity (Wildman–Crippen MR) is 102 cm³/mol. The van der Waals surface area contributed by atoms with Crippen LogP contribution in [0.1, 0.15) is 28.9 Å². The molecule has 0 aliphatic carbocycles. The Labute approximate surface area is 159 Å². The average Bonchev–Trinajstić information content (AvgIpc) is 3.36. The summed E-state index contributed by atoms with van der Waals surface area (Å²) in [6.45, 7) is 3.51. The van der Waals surface area contributed by atoms with Crippen molar-refractivity contribution in [1.82, 2.24) is 14.8 Å². The fraction of sp³-hybridized carbons (Fsp3) is 0.429. The van der Waals surface area contributed by atoms with Crippen LogP contribution >= 0.6 is 0 Å². The molecule has 142 valence electrons. The summed E-state index contributed by atoms with van der Waals surface area (Å²) in [5.41, 5.74) is 1.50. The number of β-amino-alcohol motifs (C(OH)–C–C–N with tert-alkyl or cyclic N) is 1. The summed E-state index contributed by atoms with van der Waals surface area (Å²) < 4.78 is 5.81. The van der Waals surface area contributed by atoms with Crippen LogP contribution in [0.25, 0.3) is 0 Å². The average molecular weight is 367 g/mol. The van der Waals surface area contributed by atoms with E-state index in [0.717, 1.165) is 31.5 Å². The van der Waals surface area contributed by atoms with Gasteiger partial charge in [0, 0.05) is 44.5 Å². The van der Waals surface area contributed by atoms with Gasteiger partial charge in [-0.15, -0.1) is 0 Å². The molecule has 2 atom stereocenters. The van der Waals surface area contributed by atoms with Gasteiger partial charge in [0.1, 0.15) is 18.1 Å². The molecule has 0 bridgehead atoms. The van der Waals surface area contributed by atoms with E-state index < -0.39 is 0 Å². The fourth-order valence-corrected chi connectivity index (χ4v) is 3.84. The second-order valence-electron chi connectivity index (χ2n) is 7.28. The number of pyridine rings is 1. The Kier molecular flexibility index (Phi) is 5.36. The highest BCUT2D eigenvalue weighted by Crippen LogP contribution is 2.23. The molecule has 0 radical (unpaired) electrons. The van der Waals surface area contributed by atoms with Crippen molar-refractivity contribution in [3.63, 3.8) is 0 Å². The number of aliphatic hydroxyl groups is 1. The summed E-state index contributed by atoms with van der Waals surface area (Å²) in [6, 6.07) is 13.8. The minimum Gasteiger partial charge on any atom is -0.489 e. The molecule has 1 aromatic heterocycles. The maximum absolute atomic E-state index is 12.8. The van der Waals surface area contributed by atoms with Crippen LogP contribution in [0.5, 0.6) is 5.75 Å². The smallest absolute Gasteiger partial charge is 0.272 e. The van der Waals surface area contributed by atoms with E-state index in [4.69, 9.17) is 4.74 Å². The topological polar surface area (TPSA) is 65.9 Å². The number of aliphatic hydroxyl groups excluding tert-OH is 1. The second kappa shape index (κ2) is 8.06. The SMILES string of the molecule is O=C(c1cc(OCc2ccccc2)ccn1)N1CCC(N2CCC(O)C2)C1. The molecule has 3 heterocycles. The molecule has 0 spiro atoms. The van der Waals surface area contributed by atoms with E-state index >= 15 is 0 Å². The zero-order chi connectivity index (χ0) is 18.6. The van der Waals surface area contributed by atoms with Crippen LogP contribution in [0.15, 0.2) is 48.7 Å². The number of aromatic nitrogens is 1. The fourth-order valence-electron chi connectivity index (χ4n) is 3.84. The molecule has 6 nitrogen and oxygen atoms in total. The van der Waals surface area contributed by atoms with Gasteiger partial charge in [-0.3, -0.25) is 14.7 Å². The van der Waals surface area contributed by atoms with E-state index in [1.165, 1.54) is 0 Å². The Hall–Kier alpha value is -2.44. The molecule has 4 rings (SSSR count). The third-order valence-electron chi connectivity index (χ3n) is 5.36. The summed E-state index contributed by atoms with van der Waals surface area (Å²) in [5.74, 6) is 0.595. The van der Waals surface area contributed by atoms with Gasteiger partial charge in [0.05, 0.1) is 6.10 Å². The molecule has 1 amide bonds. The standard InChI is InChI=1S/C21H25N3O3/c25-18-8-11-23(14-18)17-7-10-24(13-17)21(26)20-12-19(6-9-22-20)27-15-16-4-2-1-3-5-16/h1-6,9,12,17-18,25H,7-8,10-11,13-15H2. The van der Waals surface area contributed by atoms with E-state index in [1.807, 2.05) is 35.2 Å². The van der Waals surface area contributed by atoms with Crippen molar-refractivity contribution in [3.05, 3.63) is 59.9 Å². The maximum Gasteiger partial charge on any atom is 0.272 e. The van der Waals surface area contributed by atoms with Crippen LogP contribution in [0.2, 0.25) is 0 Å². The number of carbonyl (C=O) groups is 1. The number of nitrogens with zero attached hydrogens (tertiary/aromatic N) is 3. The second-order valence-corrected chi connectivity index (χ2v) is 7.28. The van der Waals surface area contributed by atoms with Crippen molar-refractivity contribution in [2.45, 2.75) is 31.6 Å². The van der Waals surface area contributed by atoms with Crippen LogP contribution < -0.4 is 4.74 Å². The van der Waals surface area contributed by atoms with Crippen LogP contribution in [0, 0.1) is 0 Å². The minimum atomic E-state index is -0.227. The van der Waals surface area contributed by atoms with E-state index in [9.17, 15) is 9.90 Å². The van der Waals surface area contributed by atoms with Gasteiger partial charge in [0.15, 0.2) is 0 Å². The lowest BCUT2D eigenvalue weighted by Crippen LogP contribution is -2.38. The Morgan fingerprint density at radius 2 is 2.00 bits per heavy atom. The van der Waals surface area contributed by atoms with Crippen LogP contribution in [-0.4, -0.2) is 64.1 Å². The summed E-state index contributed by atoms with van der Waals surface area (Å²) in [4.78, 5) is 21.2. The van der Waals surface area contributed by atoms with Gasteiger partial charge >= 0.3 is 0 Å². The predicted octanol–water partition coefficient (Wildman–Crippen LogP) is 1.94. The Morgan fingerprint density at radius 1 is 1.15 bits per heavy atom. The first-order chi connectivity index (χ1) is 13.2. The van der Waals surface area contributed by atoms with Crippen molar-refractivity contribution in [2.75, 3.05) is 26.2 Å². The lowest BCUT2D eigenvalue weighted by Gasteiger charge is -2.23. The summed E-state index contributed by atoms with van der Waals surface area (Å²) in [5, 5.41) is 9.73. The highest BCUT2D eigenvalue weighted by molar-refractivity contribution is 5.92. The molecule has 0 saturated carbocycles. The normalized spacial score (nSPS) is 22.9. The monoisotopic (exact) mass is 367 g/mol. The molecule has 2 aliphatic heterocycles. The van der Waals surface area contributed by atoms with E-state index in [2.05, 4.69) is 9.88 Å². The molecule has 2 aromatic rings. The molecular weight excluding hydrogens is 342 g/mol. The van der Waals surface area contributed by atoms with E-state index in [1.54, 1.807) is 18.3 Å². The van der Waals surface area contributed by atoms with Gasteiger partial charge in [0.2, 0.25) is 0 Å². The number of hydrogen-bond donors (Lipinski definition) is 1. The highest BCUT2D eigenvalue weighted by Gasteiger charge is 2.34. The van der Waals surface area contributed by atoms with Gasteiger partial charge in [0.25, 0.3) is 5.91 Å². The lowest BCUT2D eigenvalue weighted by atomic mass is 10.2. The largest absolute Gasteiger partial charge is 0.489 e. The van der Waals surface area contributed by atoms with E-state index in [-0.39, 0.29) is 12.0 Å². The number of likely N-dealkylation sites (tertiary alicyclic amines) is 2. The van der Waals surface area contributed by atoms with Crippen molar-refractivity contribution >= 4 is 5.91 Å². The minimum absolute atomic E-state index is 0.0533. The van der Waals surface area contributed by atoms with Crippen molar-refractivity contribution in [3.8, 4) is 5.75 Å². The van der Waals surface area contributed by atoms with Gasteiger partial charge in [-0.25, -0.2) is 0 Å². The molecule has 27 heavy (non-hydrogen) atoms. The number of hydrogen-bond acceptors (Lipinski definition) is 5. The molecule has 2 saturated heterocycles. The summed E-state index contributed by atoms with van der Waals surface area (Å²) in [6.07, 6.45) is 3.17. The maximum atomic E-state index is 12.8. The van der Waals surface area contributed by atoms with Crippen molar-refractivity contribution < 1.29 is 14.6 Å². The number of benzene rings is 1. The zero-order valence-electron chi connectivity index (χ0n) is 15.3. The summed E-state index contributed by atoms with van der Waals surface area (Å²) >= 11 is 0. The Balaban J connectivity index is 1.36. The van der Waals surface area contributed by atoms with Crippen molar-refractivity contribution in [1.29, 1.82) is 0 Å². The number of ether oxygens (including phenoxy) is 1. The highest BCUT2D eigenvalue weighted by atomic mass is 16.5. The number of carbonyl (C=O) groups excluding carboxylic acids is 1. The molecule has 2 unspecified atom stereocenters. The molecule has 1 aromatic carbocycles. The molecule has 2 aliphatic rings. The molecule has 6 heteroatoms. The summed E-state index contributed by atoms with van der Waals surface area (Å²) in [7, 11) is 0. The Bertz CT molecular complexity index is 783. The Morgan fingerprint density at radius 3 is 2.78 bits per heavy atom. The first kappa shape index (κ1) is 17.9. The van der Waals surface area contributed by atoms with Gasteiger partial charge in [-0.1, -0.05) is 30.3 Å². The third-order valence-corrected chi connectivity index (χ3v) is 5.36. The first-order valence-corrected chi connectivity index (χ1v) is 9.53. The number of rotatable bonds is 5. The van der Waals surface area contributed by atoms with Gasteiger partial charge in [-0.05, 0) is 24.5 Å². The van der Waals surface area contributed by atoms with E-state index in [0.29, 0.717) is 37.2 Å². The van der Waals surface area contributed by atoms with Crippen LogP contribution in [-0.2, 0) is 6.61 Å². The first-order valence-electron chi connectivity index (χ1n) is 9.53.